The van der Waals surface area contributed by atoms with Crippen LogP contribution in [0, 0.1) is 0 Å². The van der Waals surface area contributed by atoms with Gasteiger partial charge in [-0.3, -0.25) is 9.59 Å². The van der Waals surface area contributed by atoms with E-state index in [4.69, 9.17) is 0 Å². The smallest absolute Gasteiger partial charge is 0.226 e. The first-order valence-electron chi connectivity index (χ1n) is 8.31. The topological polar surface area (TPSA) is 72.0 Å². The summed E-state index contributed by atoms with van der Waals surface area (Å²) < 4.78 is 0. The maximum absolute atomic E-state index is 12.3. The lowest BCUT2D eigenvalue weighted by atomic mass is 10.0. The summed E-state index contributed by atoms with van der Waals surface area (Å²) in [6.45, 7) is 4.06. The number of ketones is 1. The first-order chi connectivity index (χ1) is 11.5. The van der Waals surface area contributed by atoms with Crippen molar-refractivity contribution >= 4 is 28.2 Å². The summed E-state index contributed by atoms with van der Waals surface area (Å²) in [5.41, 5.74) is 3.34. The summed E-state index contributed by atoms with van der Waals surface area (Å²) in [6, 6.07) is 5.91. The molecule has 126 valence electrons. The van der Waals surface area contributed by atoms with Gasteiger partial charge in [0, 0.05) is 24.3 Å². The van der Waals surface area contributed by atoms with E-state index in [1.54, 1.807) is 0 Å². The number of nitrogens with zero attached hydrogens (tertiary/aromatic N) is 2. The van der Waals surface area contributed by atoms with E-state index in [0.717, 1.165) is 24.3 Å². The highest BCUT2D eigenvalue weighted by molar-refractivity contribution is 7.15. The number of hydrogen-bond donors (Lipinski definition) is 1. The fourth-order valence-electron chi connectivity index (χ4n) is 2.82. The van der Waals surface area contributed by atoms with Crippen molar-refractivity contribution in [3.63, 3.8) is 0 Å². The van der Waals surface area contributed by atoms with E-state index >= 15 is 0 Å². The number of carbonyl (C=O) groups excluding carboxylic acids is 2. The van der Waals surface area contributed by atoms with Crippen molar-refractivity contribution in [3.8, 4) is 0 Å². The first-order valence-corrected chi connectivity index (χ1v) is 9.13. The molecule has 0 saturated heterocycles. The van der Waals surface area contributed by atoms with Crippen molar-refractivity contribution in [3.05, 3.63) is 39.9 Å². The number of nitrogens with one attached hydrogen (secondary N) is 1. The average molecular weight is 343 g/mol. The number of benzene rings is 1. The predicted molar refractivity (Wildman–Crippen MR) is 94.7 cm³/mol. The molecule has 0 fully saturated rings. The second kappa shape index (κ2) is 7.21. The van der Waals surface area contributed by atoms with Gasteiger partial charge < -0.3 is 5.32 Å². The van der Waals surface area contributed by atoms with Crippen molar-refractivity contribution in [2.24, 2.45) is 0 Å². The molecule has 0 spiro atoms. The van der Waals surface area contributed by atoms with Crippen LogP contribution in [0.3, 0.4) is 0 Å². The van der Waals surface area contributed by atoms with Gasteiger partial charge in [-0.1, -0.05) is 37.3 Å². The van der Waals surface area contributed by atoms with E-state index in [9.17, 15) is 9.59 Å². The Balaban J connectivity index is 1.53. The van der Waals surface area contributed by atoms with Crippen LogP contribution in [0.5, 0.6) is 0 Å². The number of aryl methyl sites for hydroxylation is 2. The molecule has 0 atom stereocenters. The lowest BCUT2D eigenvalue weighted by Crippen LogP contribution is -2.13. The van der Waals surface area contributed by atoms with Gasteiger partial charge in [0.05, 0.1) is 0 Å². The molecule has 0 saturated carbocycles. The summed E-state index contributed by atoms with van der Waals surface area (Å²) in [5.74, 6) is 0.102. The number of carbonyl (C=O) groups is 2. The fourth-order valence-corrected chi connectivity index (χ4v) is 3.58. The number of rotatable bonds is 6. The number of Topliss-reactive ketones (excluding diaryl/α,β-unsaturated/α-hetero) is 1. The molecule has 1 aliphatic rings. The summed E-state index contributed by atoms with van der Waals surface area (Å²) in [5, 5.41) is 12.1. The van der Waals surface area contributed by atoms with Crippen LogP contribution in [0.1, 0.15) is 65.5 Å². The molecule has 1 aliphatic carbocycles. The van der Waals surface area contributed by atoms with Crippen LogP contribution >= 0.6 is 11.3 Å². The highest BCUT2D eigenvalue weighted by atomic mass is 32.1. The number of anilines is 1. The van der Waals surface area contributed by atoms with Gasteiger partial charge >= 0.3 is 0 Å². The second-order valence-corrected chi connectivity index (χ2v) is 7.42. The highest BCUT2D eigenvalue weighted by Gasteiger charge is 2.16. The van der Waals surface area contributed by atoms with Crippen molar-refractivity contribution in [2.75, 3.05) is 5.32 Å². The van der Waals surface area contributed by atoms with Gasteiger partial charge in [-0.05, 0) is 36.5 Å². The fraction of sp³-hybridized carbons (Fsp3) is 0.444. The summed E-state index contributed by atoms with van der Waals surface area (Å²) >= 11 is 1.37. The Kier molecular flexibility index (Phi) is 5.04. The largest absolute Gasteiger partial charge is 0.301 e. The summed E-state index contributed by atoms with van der Waals surface area (Å²) in [7, 11) is 0. The van der Waals surface area contributed by atoms with Crippen LogP contribution in [0.15, 0.2) is 18.2 Å². The molecule has 1 heterocycles. The van der Waals surface area contributed by atoms with Crippen LogP contribution < -0.4 is 5.32 Å². The number of hydrogen-bond acceptors (Lipinski definition) is 5. The first kappa shape index (κ1) is 16.8. The minimum absolute atomic E-state index is 0.0139. The molecule has 6 heteroatoms. The van der Waals surface area contributed by atoms with Crippen molar-refractivity contribution in [1.29, 1.82) is 0 Å². The lowest BCUT2D eigenvalue weighted by molar-refractivity contribution is -0.116. The monoisotopic (exact) mass is 343 g/mol. The maximum Gasteiger partial charge on any atom is 0.226 e. The minimum Gasteiger partial charge on any atom is -0.301 e. The lowest BCUT2D eigenvalue weighted by Gasteiger charge is -2.04. The van der Waals surface area contributed by atoms with Gasteiger partial charge in [0.25, 0.3) is 0 Å². The van der Waals surface area contributed by atoms with E-state index in [1.165, 1.54) is 22.5 Å². The Morgan fingerprint density at radius 2 is 1.96 bits per heavy atom. The molecule has 0 radical (unpaired) electrons. The Hall–Kier alpha value is -2.08. The molecular formula is C18H21N3O2S. The van der Waals surface area contributed by atoms with Crippen LogP contribution in [0.25, 0.3) is 0 Å². The van der Waals surface area contributed by atoms with Crippen molar-refractivity contribution in [2.45, 2.75) is 51.9 Å². The quantitative estimate of drug-likeness (QED) is 0.811. The third-order valence-corrected chi connectivity index (χ3v) is 5.32. The Morgan fingerprint density at radius 3 is 2.71 bits per heavy atom. The third-order valence-electron chi connectivity index (χ3n) is 4.18. The molecule has 0 bridgehead atoms. The molecular weight excluding hydrogens is 322 g/mol. The highest BCUT2D eigenvalue weighted by Crippen LogP contribution is 2.24. The van der Waals surface area contributed by atoms with Crippen LogP contribution in [-0.2, 0) is 17.6 Å². The van der Waals surface area contributed by atoms with E-state index < -0.39 is 0 Å². The molecule has 24 heavy (non-hydrogen) atoms. The Labute approximate surface area is 145 Å². The normalized spacial score (nSPS) is 13.1. The van der Waals surface area contributed by atoms with E-state index in [2.05, 4.69) is 15.5 Å². The molecule has 0 unspecified atom stereocenters. The Bertz CT molecular complexity index is 767. The van der Waals surface area contributed by atoms with E-state index in [1.807, 2.05) is 32.0 Å². The van der Waals surface area contributed by atoms with Gasteiger partial charge in [-0.15, -0.1) is 10.2 Å². The molecule has 1 N–H and O–H groups in total. The predicted octanol–water partition coefficient (Wildman–Crippen LogP) is 3.75. The molecule has 1 amide bonds. The van der Waals surface area contributed by atoms with Crippen molar-refractivity contribution < 1.29 is 9.59 Å². The molecule has 1 aromatic carbocycles. The molecule has 0 aliphatic heterocycles. The number of amides is 1. The minimum atomic E-state index is -0.198. The van der Waals surface area contributed by atoms with Gasteiger partial charge in [-0.2, -0.15) is 0 Å². The van der Waals surface area contributed by atoms with Crippen LogP contribution in [-0.4, -0.2) is 21.9 Å². The second-order valence-electron chi connectivity index (χ2n) is 6.41. The average Bonchev–Trinajstić information content (AvgIpc) is 3.20. The third kappa shape index (κ3) is 3.87. The van der Waals surface area contributed by atoms with Crippen LogP contribution in [0.4, 0.5) is 5.13 Å². The van der Waals surface area contributed by atoms with Gasteiger partial charge in [0.2, 0.25) is 11.0 Å². The number of aromatic nitrogens is 2. The summed E-state index contributed by atoms with van der Waals surface area (Å²) in [4.78, 5) is 24.3. The molecule has 2 aromatic rings. The van der Waals surface area contributed by atoms with Gasteiger partial charge in [0.15, 0.2) is 5.78 Å². The molecule has 5 nitrogen and oxygen atoms in total. The number of fused-ring (bicyclic) bond motifs is 1. The molecule has 1 aromatic heterocycles. The SMILES string of the molecule is CC(C)c1nnc(NC(=O)CCC(=O)c2ccc3c(c2)CCC3)s1. The van der Waals surface area contributed by atoms with Crippen LogP contribution in [0.2, 0.25) is 0 Å². The molecule has 3 rings (SSSR count). The Morgan fingerprint density at radius 1 is 1.17 bits per heavy atom. The zero-order chi connectivity index (χ0) is 17.1. The van der Waals surface area contributed by atoms with E-state index in [-0.39, 0.29) is 30.4 Å². The van der Waals surface area contributed by atoms with Crippen molar-refractivity contribution in [1.82, 2.24) is 10.2 Å². The standard InChI is InChI=1S/C18H21N3O2S/c1-11(2)17-20-21-18(24-17)19-16(23)9-8-15(22)14-7-6-12-4-3-5-13(12)10-14/h6-7,10-11H,3-5,8-9H2,1-2H3,(H,19,21,23). The van der Waals surface area contributed by atoms with Gasteiger partial charge in [-0.25, -0.2) is 0 Å². The van der Waals surface area contributed by atoms with E-state index in [0.29, 0.717) is 10.7 Å². The summed E-state index contributed by atoms with van der Waals surface area (Å²) in [6.07, 6.45) is 3.68. The maximum atomic E-state index is 12.3. The zero-order valence-electron chi connectivity index (χ0n) is 14.0. The van der Waals surface area contributed by atoms with Gasteiger partial charge in [0.1, 0.15) is 5.01 Å². The zero-order valence-corrected chi connectivity index (χ0v) is 14.8.